The van der Waals surface area contributed by atoms with E-state index in [4.69, 9.17) is 0 Å². The van der Waals surface area contributed by atoms with Crippen molar-refractivity contribution in [1.82, 2.24) is 19.7 Å². The number of nitrogens with one attached hydrogen (secondary N) is 1. The average molecular weight is 297 g/mol. The molecule has 0 unspecified atom stereocenters. The second kappa shape index (κ2) is 5.80. The molecule has 2 N–H and O–H groups in total. The average Bonchev–Trinajstić information content (AvgIpc) is 2.53. The summed E-state index contributed by atoms with van der Waals surface area (Å²) in [4.78, 5) is 24.0. The molecule has 0 aliphatic carbocycles. The third-order valence-corrected chi connectivity index (χ3v) is 3.42. The zero-order chi connectivity index (χ0) is 15.5. The summed E-state index contributed by atoms with van der Waals surface area (Å²) in [5.41, 5.74) is 2.07. The van der Waals surface area contributed by atoms with Crippen LogP contribution >= 0.6 is 0 Å². The van der Waals surface area contributed by atoms with Gasteiger partial charge in [0.25, 0.3) is 5.56 Å². The lowest BCUT2D eigenvalue weighted by atomic mass is 10.2. The van der Waals surface area contributed by atoms with Crippen LogP contribution in [-0.2, 0) is 6.42 Å². The van der Waals surface area contributed by atoms with Gasteiger partial charge in [0.1, 0.15) is 6.33 Å². The minimum atomic E-state index is -0.533. The molecule has 0 bridgehead atoms. The number of aryl methyl sites for hydroxylation is 1. The lowest BCUT2D eigenvalue weighted by molar-refractivity contribution is 0.186. The van der Waals surface area contributed by atoms with Gasteiger partial charge in [-0.2, -0.15) is 0 Å². The van der Waals surface area contributed by atoms with Crippen LogP contribution in [0.1, 0.15) is 11.3 Å². The number of hydrogen-bond donors (Lipinski definition) is 2. The lowest BCUT2D eigenvalue weighted by Gasteiger charge is -2.11. The van der Waals surface area contributed by atoms with E-state index < -0.39 is 5.56 Å². The molecule has 0 radical (unpaired) electrons. The molecule has 3 aromatic rings. The molecule has 3 heterocycles. The van der Waals surface area contributed by atoms with Crippen molar-refractivity contribution in [2.24, 2.45) is 0 Å². The van der Waals surface area contributed by atoms with Crippen molar-refractivity contribution in [3.63, 3.8) is 0 Å². The summed E-state index contributed by atoms with van der Waals surface area (Å²) < 4.78 is 0.538. The van der Waals surface area contributed by atoms with E-state index in [2.05, 4.69) is 20.3 Å². The van der Waals surface area contributed by atoms with E-state index in [0.717, 1.165) is 12.0 Å². The molecule has 0 saturated carbocycles. The second-order valence-electron chi connectivity index (χ2n) is 4.90. The van der Waals surface area contributed by atoms with Crippen molar-refractivity contribution in [3.8, 4) is 0 Å². The molecule has 0 saturated heterocycles. The summed E-state index contributed by atoms with van der Waals surface area (Å²) in [6.07, 6.45) is 5.62. The van der Waals surface area contributed by atoms with Crippen molar-refractivity contribution >= 4 is 16.7 Å². The first-order valence-electron chi connectivity index (χ1n) is 6.86. The smallest absolute Gasteiger partial charge is 0.286 e. The highest BCUT2D eigenvalue weighted by Gasteiger charge is 2.12. The summed E-state index contributed by atoms with van der Waals surface area (Å²) >= 11 is 0. The van der Waals surface area contributed by atoms with Crippen LogP contribution in [0.25, 0.3) is 11.0 Å². The summed E-state index contributed by atoms with van der Waals surface area (Å²) in [7, 11) is 0. The zero-order valence-corrected chi connectivity index (χ0v) is 12.0. The fourth-order valence-electron chi connectivity index (χ4n) is 2.33. The van der Waals surface area contributed by atoms with Gasteiger partial charge in [-0.25, -0.2) is 9.97 Å². The van der Waals surface area contributed by atoms with Crippen molar-refractivity contribution in [2.45, 2.75) is 13.3 Å². The molecule has 7 heteroatoms. The molecule has 7 nitrogen and oxygen atoms in total. The Morgan fingerprint density at radius 1 is 1.36 bits per heavy atom. The van der Waals surface area contributed by atoms with Gasteiger partial charge in [-0.1, -0.05) is 6.07 Å². The molecular weight excluding hydrogens is 282 g/mol. The minimum Gasteiger partial charge on any atom is -0.423 e. The van der Waals surface area contributed by atoms with E-state index in [1.54, 1.807) is 19.3 Å². The van der Waals surface area contributed by atoms with Crippen LogP contribution in [-0.4, -0.2) is 31.4 Å². The van der Waals surface area contributed by atoms with Crippen molar-refractivity contribution in [3.05, 3.63) is 58.5 Å². The van der Waals surface area contributed by atoms with Gasteiger partial charge in [0.05, 0.1) is 16.8 Å². The first-order valence-corrected chi connectivity index (χ1v) is 6.86. The van der Waals surface area contributed by atoms with Gasteiger partial charge in [-0.15, -0.1) is 4.73 Å². The highest BCUT2D eigenvalue weighted by molar-refractivity contribution is 5.90. The standard InChI is InChI=1S/C15H15N5O2/c1-10-14-12(17-6-4-11-3-2-5-16-8-11)7-13(21)20(22)15(14)19-9-18-10/h2-3,5,7-9,17,22H,4,6H2,1H3. The highest BCUT2D eigenvalue weighted by atomic mass is 16.5. The Morgan fingerprint density at radius 2 is 2.23 bits per heavy atom. The van der Waals surface area contributed by atoms with Crippen LogP contribution in [0.3, 0.4) is 0 Å². The Hall–Kier alpha value is -2.96. The Morgan fingerprint density at radius 3 is 3.00 bits per heavy atom. The van der Waals surface area contributed by atoms with Gasteiger partial charge in [0.15, 0.2) is 5.65 Å². The number of hydrogen-bond acceptors (Lipinski definition) is 6. The van der Waals surface area contributed by atoms with Gasteiger partial charge in [-0.3, -0.25) is 9.78 Å². The Bertz CT molecular complexity index is 861. The van der Waals surface area contributed by atoms with Gasteiger partial charge < -0.3 is 10.5 Å². The van der Waals surface area contributed by atoms with E-state index in [9.17, 15) is 10.0 Å². The van der Waals surface area contributed by atoms with Gasteiger partial charge in [0.2, 0.25) is 0 Å². The number of fused-ring (bicyclic) bond motifs is 1. The number of rotatable bonds is 4. The monoisotopic (exact) mass is 297 g/mol. The first-order chi connectivity index (χ1) is 10.7. The fraction of sp³-hybridized carbons (Fsp3) is 0.200. The van der Waals surface area contributed by atoms with Crippen LogP contribution < -0.4 is 10.9 Å². The maximum atomic E-state index is 11.8. The topological polar surface area (TPSA) is 92.9 Å². The van der Waals surface area contributed by atoms with Crippen molar-refractivity contribution in [1.29, 1.82) is 0 Å². The molecule has 0 atom stereocenters. The van der Waals surface area contributed by atoms with Crippen LogP contribution in [0, 0.1) is 6.92 Å². The SMILES string of the molecule is Cc1ncnc2c1c(NCCc1cccnc1)cc(=O)n2O. The summed E-state index contributed by atoms with van der Waals surface area (Å²) in [6.45, 7) is 2.44. The van der Waals surface area contributed by atoms with Gasteiger partial charge in [-0.05, 0) is 25.0 Å². The lowest BCUT2D eigenvalue weighted by Crippen LogP contribution is -2.20. The number of anilines is 1. The molecule has 3 rings (SSSR count). The van der Waals surface area contributed by atoms with E-state index >= 15 is 0 Å². The third-order valence-electron chi connectivity index (χ3n) is 3.42. The highest BCUT2D eigenvalue weighted by Crippen LogP contribution is 2.21. The van der Waals surface area contributed by atoms with E-state index in [1.165, 1.54) is 12.4 Å². The van der Waals surface area contributed by atoms with E-state index in [1.807, 2.05) is 12.1 Å². The number of aromatic nitrogens is 4. The molecule has 112 valence electrons. The fourth-order valence-corrected chi connectivity index (χ4v) is 2.33. The summed E-state index contributed by atoms with van der Waals surface area (Å²) in [5.74, 6) is 0. The molecule has 0 aliphatic rings. The Kier molecular flexibility index (Phi) is 3.69. The van der Waals surface area contributed by atoms with Crippen LogP contribution in [0.4, 0.5) is 5.69 Å². The van der Waals surface area contributed by atoms with Gasteiger partial charge in [0, 0.05) is 25.0 Å². The maximum absolute atomic E-state index is 11.8. The molecule has 3 aromatic heterocycles. The normalized spacial score (nSPS) is 10.8. The van der Waals surface area contributed by atoms with Gasteiger partial charge >= 0.3 is 0 Å². The molecule has 0 spiro atoms. The van der Waals surface area contributed by atoms with Crippen LogP contribution in [0.15, 0.2) is 41.7 Å². The molecular formula is C15H15N5O2. The van der Waals surface area contributed by atoms with Crippen LogP contribution in [0.2, 0.25) is 0 Å². The number of nitrogens with zero attached hydrogens (tertiary/aromatic N) is 4. The largest absolute Gasteiger partial charge is 0.423 e. The Balaban J connectivity index is 1.90. The third kappa shape index (κ3) is 2.60. The minimum absolute atomic E-state index is 0.198. The number of pyridine rings is 2. The van der Waals surface area contributed by atoms with E-state index in [-0.39, 0.29) is 5.65 Å². The van der Waals surface area contributed by atoms with Crippen molar-refractivity contribution in [2.75, 3.05) is 11.9 Å². The molecule has 0 amide bonds. The summed E-state index contributed by atoms with van der Waals surface area (Å²) in [5, 5.41) is 13.6. The Labute approximate surface area is 126 Å². The predicted molar refractivity (Wildman–Crippen MR) is 82.2 cm³/mol. The predicted octanol–water partition coefficient (Wildman–Crippen LogP) is 1.39. The quantitative estimate of drug-likeness (QED) is 0.707. The van der Waals surface area contributed by atoms with Crippen LogP contribution in [0.5, 0.6) is 0 Å². The van der Waals surface area contributed by atoms with E-state index in [0.29, 0.717) is 28.0 Å². The molecule has 0 aromatic carbocycles. The summed E-state index contributed by atoms with van der Waals surface area (Å²) in [6, 6.07) is 5.23. The zero-order valence-electron chi connectivity index (χ0n) is 12.0. The maximum Gasteiger partial charge on any atom is 0.286 e. The van der Waals surface area contributed by atoms with Crippen molar-refractivity contribution < 1.29 is 5.21 Å². The molecule has 0 aliphatic heterocycles. The molecule has 22 heavy (non-hydrogen) atoms. The molecule has 0 fully saturated rings. The second-order valence-corrected chi connectivity index (χ2v) is 4.90. The first kappa shape index (κ1) is 14.0.